The van der Waals surface area contributed by atoms with Crippen LogP contribution in [0.25, 0.3) is 55.8 Å². The van der Waals surface area contributed by atoms with Gasteiger partial charge in [-0.15, -0.1) is 0 Å². The number of rotatable bonds is 3. The van der Waals surface area contributed by atoms with Crippen LogP contribution in [0.15, 0.2) is 121 Å². The van der Waals surface area contributed by atoms with Gasteiger partial charge in [0.1, 0.15) is 11.5 Å². The van der Waals surface area contributed by atoms with E-state index in [0.29, 0.717) is 5.82 Å². The molecule has 0 aliphatic carbocycles. The summed E-state index contributed by atoms with van der Waals surface area (Å²) in [6.07, 6.45) is 0. The highest BCUT2D eigenvalue weighted by Gasteiger charge is 2.22. The fraction of sp³-hybridized carbons (Fsp3) is 0. The average Bonchev–Trinajstić information content (AvgIpc) is 2.94. The number of fused-ring (bicyclic) bond motifs is 2. The van der Waals surface area contributed by atoms with Crippen LogP contribution in [0, 0.1) is 0 Å². The molecular formula is C32H20N2O. The number of hydrogen-bond donors (Lipinski definition) is 0. The maximum Gasteiger partial charge on any atom is 0.160 e. The van der Waals surface area contributed by atoms with Crippen molar-refractivity contribution >= 4 is 10.8 Å². The van der Waals surface area contributed by atoms with Crippen molar-refractivity contribution in [2.24, 2.45) is 0 Å². The van der Waals surface area contributed by atoms with E-state index in [1.165, 1.54) is 5.56 Å². The molecule has 1 aromatic heterocycles. The van der Waals surface area contributed by atoms with E-state index in [2.05, 4.69) is 72.8 Å². The predicted molar refractivity (Wildman–Crippen MR) is 141 cm³/mol. The lowest BCUT2D eigenvalue weighted by Gasteiger charge is -2.22. The molecule has 0 saturated carbocycles. The van der Waals surface area contributed by atoms with Gasteiger partial charge in [-0.1, -0.05) is 97.1 Å². The van der Waals surface area contributed by atoms with Gasteiger partial charge in [-0.2, -0.15) is 0 Å². The highest BCUT2D eigenvalue weighted by Crippen LogP contribution is 2.48. The number of ether oxygens (including phenoxy) is 1. The average molecular weight is 449 g/mol. The Morgan fingerprint density at radius 2 is 1.14 bits per heavy atom. The second-order valence-electron chi connectivity index (χ2n) is 8.63. The molecule has 0 N–H and O–H groups in total. The Kier molecular flexibility index (Phi) is 4.46. The molecule has 6 aromatic rings. The lowest BCUT2D eigenvalue weighted by Crippen LogP contribution is -1.99. The molecule has 0 saturated heterocycles. The predicted octanol–water partition coefficient (Wildman–Crippen LogP) is 8.40. The fourth-order valence-electron chi connectivity index (χ4n) is 4.86. The highest BCUT2D eigenvalue weighted by atomic mass is 16.5. The van der Waals surface area contributed by atoms with Crippen molar-refractivity contribution in [2.75, 3.05) is 0 Å². The van der Waals surface area contributed by atoms with Gasteiger partial charge in [0.05, 0.1) is 11.4 Å². The van der Waals surface area contributed by atoms with E-state index < -0.39 is 0 Å². The first kappa shape index (κ1) is 19.7. The molecule has 0 radical (unpaired) electrons. The number of aromatic nitrogens is 2. The number of para-hydroxylation sites is 1. The van der Waals surface area contributed by atoms with E-state index in [0.717, 1.165) is 55.9 Å². The van der Waals surface area contributed by atoms with Crippen molar-refractivity contribution in [2.45, 2.75) is 0 Å². The molecule has 0 spiro atoms. The standard InChI is InChI=1S/C32H20N2O/c1-3-10-21(11-4-1)27-20-28(34-32(33-27)22-12-5-2-6-13-22)23-18-19-30-31-25(23)15-9-16-26(31)24-14-7-8-17-29(24)35-30/h1-20H. The lowest BCUT2D eigenvalue weighted by molar-refractivity contribution is 0.487. The lowest BCUT2D eigenvalue weighted by atomic mass is 9.91. The third-order valence-corrected chi connectivity index (χ3v) is 6.50. The molecule has 0 bridgehead atoms. The molecule has 0 fully saturated rings. The van der Waals surface area contributed by atoms with E-state index in [1.54, 1.807) is 0 Å². The Labute approximate surface area is 203 Å². The quantitative estimate of drug-likeness (QED) is 0.272. The summed E-state index contributed by atoms with van der Waals surface area (Å²) >= 11 is 0. The topological polar surface area (TPSA) is 35.0 Å². The van der Waals surface area contributed by atoms with E-state index in [1.807, 2.05) is 48.5 Å². The third-order valence-electron chi connectivity index (χ3n) is 6.50. The normalized spacial score (nSPS) is 11.7. The van der Waals surface area contributed by atoms with Crippen LogP contribution >= 0.6 is 0 Å². The van der Waals surface area contributed by atoms with E-state index in [4.69, 9.17) is 14.7 Å². The molecule has 0 atom stereocenters. The fourth-order valence-corrected chi connectivity index (χ4v) is 4.86. The minimum atomic E-state index is 0.712. The van der Waals surface area contributed by atoms with Crippen LogP contribution in [0.5, 0.6) is 11.5 Å². The largest absolute Gasteiger partial charge is 0.456 e. The second-order valence-corrected chi connectivity index (χ2v) is 8.63. The van der Waals surface area contributed by atoms with Crippen LogP contribution in [0.3, 0.4) is 0 Å². The summed E-state index contributed by atoms with van der Waals surface area (Å²) in [6, 6.07) is 41.3. The van der Waals surface area contributed by atoms with Crippen molar-refractivity contribution in [3.05, 3.63) is 121 Å². The smallest absolute Gasteiger partial charge is 0.160 e. The van der Waals surface area contributed by atoms with Crippen LogP contribution in [-0.4, -0.2) is 9.97 Å². The molecule has 3 nitrogen and oxygen atoms in total. The zero-order valence-corrected chi connectivity index (χ0v) is 18.8. The van der Waals surface area contributed by atoms with Crippen molar-refractivity contribution in [3.63, 3.8) is 0 Å². The Hall–Kier alpha value is -4.76. The summed E-state index contributed by atoms with van der Waals surface area (Å²) in [5.74, 6) is 2.47. The Morgan fingerprint density at radius 1 is 0.457 bits per heavy atom. The minimum absolute atomic E-state index is 0.712. The molecule has 2 heterocycles. The molecule has 7 rings (SSSR count). The SMILES string of the molecule is c1ccc(-c2cc(-c3ccc4c5c(cccc35)-c3ccccc3O4)nc(-c3ccccc3)n2)cc1. The van der Waals surface area contributed by atoms with Gasteiger partial charge in [-0.05, 0) is 35.2 Å². The first-order chi connectivity index (χ1) is 17.3. The zero-order chi connectivity index (χ0) is 23.2. The highest BCUT2D eigenvalue weighted by molar-refractivity contribution is 6.09. The van der Waals surface area contributed by atoms with E-state index in [9.17, 15) is 0 Å². The molecule has 0 amide bonds. The second kappa shape index (κ2) is 7.93. The van der Waals surface area contributed by atoms with Crippen LogP contribution in [0.1, 0.15) is 0 Å². The van der Waals surface area contributed by atoms with Gasteiger partial charge in [0.15, 0.2) is 5.82 Å². The Balaban J connectivity index is 1.49. The number of nitrogens with zero attached hydrogens (tertiary/aromatic N) is 2. The van der Waals surface area contributed by atoms with E-state index >= 15 is 0 Å². The summed E-state index contributed by atoms with van der Waals surface area (Å²) in [4.78, 5) is 9.98. The van der Waals surface area contributed by atoms with Crippen molar-refractivity contribution in [3.8, 4) is 56.5 Å². The summed E-state index contributed by atoms with van der Waals surface area (Å²) in [7, 11) is 0. The van der Waals surface area contributed by atoms with Gasteiger partial charge in [0.25, 0.3) is 0 Å². The first-order valence-electron chi connectivity index (χ1n) is 11.7. The Bertz CT molecular complexity index is 1650. The van der Waals surface area contributed by atoms with Crippen LogP contribution < -0.4 is 4.74 Å². The maximum atomic E-state index is 6.29. The van der Waals surface area contributed by atoms with Gasteiger partial charge in [-0.25, -0.2) is 9.97 Å². The minimum Gasteiger partial charge on any atom is -0.456 e. The van der Waals surface area contributed by atoms with Crippen LogP contribution in [0.2, 0.25) is 0 Å². The Morgan fingerprint density at radius 3 is 1.97 bits per heavy atom. The molecule has 1 aliphatic heterocycles. The zero-order valence-electron chi connectivity index (χ0n) is 18.8. The van der Waals surface area contributed by atoms with Gasteiger partial charge >= 0.3 is 0 Å². The van der Waals surface area contributed by atoms with Crippen LogP contribution in [0.4, 0.5) is 0 Å². The van der Waals surface area contributed by atoms with Crippen molar-refractivity contribution in [1.29, 1.82) is 0 Å². The maximum absolute atomic E-state index is 6.29. The van der Waals surface area contributed by atoms with Crippen LogP contribution in [-0.2, 0) is 0 Å². The van der Waals surface area contributed by atoms with Gasteiger partial charge in [0, 0.05) is 27.6 Å². The number of hydrogen-bond acceptors (Lipinski definition) is 3. The monoisotopic (exact) mass is 448 g/mol. The molecule has 0 unspecified atom stereocenters. The van der Waals surface area contributed by atoms with E-state index in [-0.39, 0.29) is 0 Å². The molecule has 164 valence electrons. The molecule has 1 aliphatic rings. The van der Waals surface area contributed by atoms with Crippen molar-refractivity contribution in [1.82, 2.24) is 9.97 Å². The summed E-state index contributed by atoms with van der Waals surface area (Å²) in [6.45, 7) is 0. The van der Waals surface area contributed by atoms with Crippen molar-refractivity contribution < 1.29 is 4.74 Å². The summed E-state index contributed by atoms with van der Waals surface area (Å²) in [5, 5.41) is 2.23. The molecule has 35 heavy (non-hydrogen) atoms. The molecule has 3 heteroatoms. The van der Waals surface area contributed by atoms with Gasteiger partial charge < -0.3 is 4.74 Å². The number of benzene rings is 5. The summed E-state index contributed by atoms with van der Waals surface area (Å²) in [5.41, 5.74) is 7.20. The van der Waals surface area contributed by atoms with Gasteiger partial charge in [0.2, 0.25) is 0 Å². The third kappa shape index (κ3) is 3.29. The summed E-state index contributed by atoms with van der Waals surface area (Å²) < 4.78 is 6.29. The van der Waals surface area contributed by atoms with Gasteiger partial charge in [-0.3, -0.25) is 0 Å². The molecular weight excluding hydrogens is 428 g/mol. The molecule has 5 aromatic carbocycles. The first-order valence-corrected chi connectivity index (χ1v) is 11.7.